The van der Waals surface area contributed by atoms with Crippen LogP contribution < -0.4 is 3.58 Å². The monoisotopic (exact) mass is 212 g/mol. The van der Waals surface area contributed by atoms with Crippen molar-refractivity contribution in [3.05, 3.63) is 29.8 Å². The van der Waals surface area contributed by atoms with Crippen LogP contribution in [0, 0.1) is 6.92 Å². The Morgan fingerprint density at radius 1 is 1.12 bits per heavy atom. The van der Waals surface area contributed by atoms with Gasteiger partial charge in [0.15, 0.2) is 0 Å². The molecule has 0 aromatic heterocycles. The summed E-state index contributed by atoms with van der Waals surface area (Å²) in [6.45, 7) is 2.11. The Bertz CT molecular complexity index is 143. The maximum atomic E-state index is 2.18. The van der Waals surface area contributed by atoms with E-state index in [1.54, 1.807) is 0 Å². The van der Waals surface area contributed by atoms with Crippen LogP contribution in [0.25, 0.3) is 0 Å². The number of hydrogen-bond acceptors (Lipinski definition) is 0. The van der Waals surface area contributed by atoms with Gasteiger partial charge in [-0.3, -0.25) is 0 Å². The summed E-state index contributed by atoms with van der Waals surface area (Å²) < 4.78 is 1.46. The van der Waals surface area contributed by atoms with Gasteiger partial charge in [-0.25, -0.2) is 0 Å². The Kier molecular flexibility index (Phi) is 1.95. The molecule has 1 aromatic carbocycles. The Balaban J connectivity index is 3.03. The third-order valence-electron chi connectivity index (χ3n) is 1.08. The van der Waals surface area contributed by atoms with Crippen molar-refractivity contribution < 1.29 is 0 Å². The average molecular weight is 211 g/mol. The molecule has 40 valence electrons. The Labute approximate surface area is 63.0 Å². The Morgan fingerprint density at radius 3 is 2.00 bits per heavy atom. The van der Waals surface area contributed by atoms with Crippen LogP contribution >= 0.6 is 0 Å². The number of rotatable bonds is 0. The molecule has 1 aromatic rings. The van der Waals surface area contributed by atoms with Crippen LogP contribution in [0.2, 0.25) is 0 Å². The van der Waals surface area contributed by atoms with E-state index in [-0.39, 0.29) is 0 Å². The second kappa shape index (κ2) is 2.53. The molecule has 1 heteroatoms. The van der Waals surface area contributed by atoms with Crippen molar-refractivity contribution in [2.75, 3.05) is 0 Å². The van der Waals surface area contributed by atoms with Gasteiger partial charge < -0.3 is 0 Å². The molecule has 0 unspecified atom stereocenters. The molecule has 0 spiro atoms. The summed E-state index contributed by atoms with van der Waals surface area (Å²) in [5.41, 5.74) is 1.35. The summed E-state index contributed by atoms with van der Waals surface area (Å²) in [5.74, 6) is 0. The van der Waals surface area contributed by atoms with E-state index in [0.29, 0.717) is 0 Å². The van der Waals surface area contributed by atoms with Gasteiger partial charge in [0.1, 0.15) is 0 Å². The van der Waals surface area contributed by atoms with Gasteiger partial charge >= 0.3 is 62.9 Å². The molecule has 0 aliphatic carbocycles. The van der Waals surface area contributed by atoms with E-state index in [0.717, 1.165) is 0 Å². The number of benzene rings is 1. The molecule has 0 saturated heterocycles. The topological polar surface area (TPSA) is 0 Å². The SMILES string of the molecule is Cc1cc[c]([SnH])cc1. The molecule has 2 radical (unpaired) electrons. The molecule has 0 nitrogen and oxygen atoms in total. The summed E-state index contributed by atoms with van der Waals surface area (Å²) in [6.07, 6.45) is 0. The maximum absolute atomic E-state index is 2.18. The number of hydrogen-bond donors (Lipinski definition) is 0. The van der Waals surface area contributed by atoms with Crippen molar-refractivity contribution in [1.29, 1.82) is 0 Å². The molecule has 0 aliphatic heterocycles. The first-order chi connectivity index (χ1) is 3.79. The van der Waals surface area contributed by atoms with E-state index in [1.165, 1.54) is 31.7 Å². The molecular formula is C7H8Sn. The van der Waals surface area contributed by atoms with Crippen molar-refractivity contribution in [2.24, 2.45) is 0 Å². The number of aryl methyl sites for hydroxylation is 1. The average Bonchev–Trinajstić information content (AvgIpc) is 1.77. The van der Waals surface area contributed by atoms with Gasteiger partial charge in [-0.2, -0.15) is 0 Å². The van der Waals surface area contributed by atoms with Crippen LogP contribution in [0.3, 0.4) is 0 Å². The van der Waals surface area contributed by atoms with Gasteiger partial charge in [-0.05, 0) is 0 Å². The van der Waals surface area contributed by atoms with Gasteiger partial charge in [0.2, 0.25) is 0 Å². The standard InChI is InChI=1S/C7H7.Sn.H/c1-7-5-3-2-4-6-7;;/h3-6H,1H3;;. The third kappa shape index (κ3) is 1.51. The van der Waals surface area contributed by atoms with Crippen molar-refractivity contribution in [1.82, 2.24) is 0 Å². The second-order valence-electron chi connectivity index (χ2n) is 1.91. The molecular weight excluding hydrogens is 203 g/mol. The van der Waals surface area contributed by atoms with Crippen molar-refractivity contribution in [3.8, 4) is 0 Å². The Morgan fingerprint density at radius 2 is 1.62 bits per heavy atom. The fraction of sp³-hybridized carbons (Fsp3) is 0.143. The van der Waals surface area contributed by atoms with Crippen LogP contribution in [0.1, 0.15) is 5.56 Å². The van der Waals surface area contributed by atoms with Crippen molar-refractivity contribution in [2.45, 2.75) is 6.92 Å². The predicted molar refractivity (Wildman–Crippen MR) is 38.0 cm³/mol. The summed E-state index contributed by atoms with van der Waals surface area (Å²) in [4.78, 5) is 0. The minimum atomic E-state index is 1.23. The third-order valence-corrected chi connectivity index (χ3v) is 2.18. The van der Waals surface area contributed by atoms with Crippen LogP contribution in [0.5, 0.6) is 0 Å². The van der Waals surface area contributed by atoms with Crippen molar-refractivity contribution >= 4 is 26.1 Å². The second-order valence-corrected chi connectivity index (χ2v) is 3.81. The molecule has 1 rings (SSSR count). The predicted octanol–water partition coefficient (Wildman–Crippen LogP) is 0.521. The normalized spacial score (nSPS) is 9.25. The van der Waals surface area contributed by atoms with E-state index in [1.807, 2.05) is 0 Å². The zero-order valence-electron chi connectivity index (χ0n) is 4.89. The van der Waals surface area contributed by atoms with Crippen LogP contribution in [0.4, 0.5) is 0 Å². The van der Waals surface area contributed by atoms with E-state index in [4.69, 9.17) is 0 Å². The van der Waals surface area contributed by atoms with E-state index in [2.05, 4.69) is 31.2 Å². The van der Waals surface area contributed by atoms with Gasteiger partial charge in [-0.15, -0.1) is 0 Å². The first-order valence-corrected chi connectivity index (χ1v) is 4.26. The molecule has 0 heterocycles. The molecule has 0 saturated carbocycles. The zero-order valence-corrected chi connectivity index (χ0v) is 8.18. The minimum absolute atomic E-state index is 1.23. The molecule has 0 amide bonds. The van der Waals surface area contributed by atoms with Gasteiger partial charge in [0, 0.05) is 0 Å². The molecule has 0 atom stereocenters. The summed E-state index contributed by atoms with van der Waals surface area (Å²) in [5, 5.41) is 0. The van der Waals surface area contributed by atoms with Gasteiger partial charge in [0.05, 0.1) is 0 Å². The zero-order chi connectivity index (χ0) is 5.98. The molecule has 0 bridgehead atoms. The quantitative estimate of drug-likeness (QED) is 0.548. The van der Waals surface area contributed by atoms with E-state index >= 15 is 0 Å². The molecule has 0 fully saturated rings. The van der Waals surface area contributed by atoms with Crippen LogP contribution in [0.15, 0.2) is 24.3 Å². The first-order valence-electron chi connectivity index (χ1n) is 2.61. The van der Waals surface area contributed by atoms with Gasteiger partial charge in [0.25, 0.3) is 0 Å². The molecule has 0 aliphatic rings. The van der Waals surface area contributed by atoms with Crippen molar-refractivity contribution in [3.63, 3.8) is 0 Å². The fourth-order valence-corrected chi connectivity index (χ4v) is 1.12. The Hall–Kier alpha value is 0.0187. The molecule has 8 heavy (non-hydrogen) atoms. The fourth-order valence-electron chi connectivity index (χ4n) is 0.566. The van der Waals surface area contributed by atoms with Gasteiger partial charge in [-0.1, -0.05) is 0 Å². The van der Waals surface area contributed by atoms with Crippen LogP contribution in [-0.4, -0.2) is 22.5 Å². The summed E-state index contributed by atoms with van der Waals surface area (Å²) in [6, 6.07) is 8.66. The summed E-state index contributed by atoms with van der Waals surface area (Å²) >= 11 is 1.23. The molecule has 0 N–H and O–H groups in total. The summed E-state index contributed by atoms with van der Waals surface area (Å²) in [7, 11) is 0. The first kappa shape index (κ1) is 6.14. The van der Waals surface area contributed by atoms with Crippen LogP contribution in [-0.2, 0) is 0 Å². The van der Waals surface area contributed by atoms with E-state index < -0.39 is 0 Å². The van der Waals surface area contributed by atoms with E-state index in [9.17, 15) is 0 Å².